The van der Waals surface area contributed by atoms with Gasteiger partial charge in [0.2, 0.25) is 0 Å². The zero-order valence-corrected chi connectivity index (χ0v) is 11.0. The molecule has 0 saturated carbocycles. The number of amides is 1. The number of hydrogen-bond acceptors (Lipinski definition) is 4. The fraction of sp³-hybridized carbons (Fsp3) is 0.100. The molecule has 4 nitrogen and oxygen atoms in total. The second-order valence-corrected chi connectivity index (χ2v) is 4.71. The third kappa shape index (κ3) is 2.57. The number of hydrogen-bond donors (Lipinski definition) is 1. The number of aromatic nitrogens is 2. The van der Waals surface area contributed by atoms with E-state index in [1.165, 1.54) is 17.7 Å². The summed E-state index contributed by atoms with van der Waals surface area (Å²) in [6.45, 7) is 1.86. The van der Waals surface area contributed by atoms with Crippen molar-refractivity contribution in [2.45, 2.75) is 6.92 Å². The smallest absolute Gasteiger partial charge is 0.256 e. The maximum atomic E-state index is 11.9. The van der Waals surface area contributed by atoms with E-state index >= 15 is 0 Å². The fourth-order valence-electron chi connectivity index (χ4n) is 1.22. The molecule has 2 aromatic heterocycles. The molecule has 0 spiro atoms. The van der Waals surface area contributed by atoms with Gasteiger partial charge >= 0.3 is 0 Å². The lowest BCUT2D eigenvalue weighted by Crippen LogP contribution is -2.13. The summed E-state index contributed by atoms with van der Waals surface area (Å²) in [6, 6.07) is 0. The topological polar surface area (TPSA) is 54.9 Å². The highest BCUT2D eigenvalue weighted by Crippen LogP contribution is 2.26. The van der Waals surface area contributed by atoms with Crippen molar-refractivity contribution in [2.75, 3.05) is 5.32 Å². The second-order valence-electron chi connectivity index (χ2n) is 3.25. The predicted molar refractivity (Wildman–Crippen MR) is 69.1 cm³/mol. The highest BCUT2D eigenvalue weighted by atomic mass is 35.5. The average Bonchev–Trinajstić information content (AvgIpc) is 2.70. The van der Waals surface area contributed by atoms with Gasteiger partial charge in [-0.1, -0.05) is 23.2 Å². The molecule has 0 aliphatic rings. The van der Waals surface area contributed by atoms with E-state index in [0.717, 1.165) is 5.56 Å². The number of halogens is 2. The Morgan fingerprint density at radius 3 is 2.47 bits per heavy atom. The minimum Gasteiger partial charge on any atom is -0.317 e. The molecule has 7 heteroatoms. The van der Waals surface area contributed by atoms with Gasteiger partial charge in [0, 0.05) is 5.38 Å². The van der Waals surface area contributed by atoms with Crippen molar-refractivity contribution >= 4 is 46.1 Å². The largest absolute Gasteiger partial charge is 0.317 e. The summed E-state index contributed by atoms with van der Waals surface area (Å²) in [6.07, 6.45) is 1.23. The Bertz CT molecular complexity index is 550. The Hall–Kier alpha value is -1.17. The van der Waals surface area contributed by atoms with E-state index in [1.54, 1.807) is 5.38 Å². The van der Waals surface area contributed by atoms with Gasteiger partial charge in [-0.15, -0.1) is 0 Å². The van der Waals surface area contributed by atoms with Crippen LogP contribution in [0.4, 0.5) is 5.69 Å². The van der Waals surface area contributed by atoms with E-state index in [2.05, 4.69) is 15.3 Å². The Kier molecular flexibility index (Phi) is 3.61. The third-order valence-electron chi connectivity index (χ3n) is 2.09. The molecule has 2 aromatic rings. The van der Waals surface area contributed by atoms with Crippen LogP contribution in [0.5, 0.6) is 0 Å². The van der Waals surface area contributed by atoms with Crippen LogP contribution in [0.25, 0.3) is 0 Å². The quantitative estimate of drug-likeness (QED) is 0.862. The predicted octanol–water partition coefficient (Wildman–Crippen LogP) is 3.41. The second kappa shape index (κ2) is 5.00. The molecule has 0 aliphatic heterocycles. The van der Waals surface area contributed by atoms with Crippen LogP contribution in [-0.2, 0) is 0 Å². The number of nitrogens with one attached hydrogen (secondary N) is 1. The van der Waals surface area contributed by atoms with Crippen LogP contribution < -0.4 is 5.32 Å². The van der Waals surface area contributed by atoms with Gasteiger partial charge in [-0.25, -0.2) is 9.97 Å². The lowest BCUT2D eigenvalue weighted by atomic mass is 10.2. The summed E-state index contributed by atoms with van der Waals surface area (Å²) in [7, 11) is 0. The molecule has 0 radical (unpaired) electrons. The Morgan fingerprint density at radius 2 is 1.94 bits per heavy atom. The van der Waals surface area contributed by atoms with Crippen molar-refractivity contribution in [1.29, 1.82) is 0 Å². The molecule has 1 amide bonds. The summed E-state index contributed by atoms with van der Waals surface area (Å²) in [5, 5.41) is 6.48. The molecule has 2 heterocycles. The average molecular weight is 288 g/mol. The molecule has 0 atom stereocenters. The van der Waals surface area contributed by atoms with Crippen molar-refractivity contribution in [3.63, 3.8) is 0 Å². The first-order valence-electron chi connectivity index (χ1n) is 4.59. The number of anilines is 1. The van der Waals surface area contributed by atoms with Gasteiger partial charge in [0.25, 0.3) is 5.91 Å². The number of nitrogens with zero attached hydrogens (tertiary/aromatic N) is 2. The van der Waals surface area contributed by atoms with Gasteiger partial charge < -0.3 is 5.32 Å². The summed E-state index contributed by atoms with van der Waals surface area (Å²) in [4.78, 5) is 19.4. The monoisotopic (exact) mass is 287 g/mol. The number of carbonyl (C=O) groups is 1. The van der Waals surface area contributed by atoms with Gasteiger partial charge in [0.05, 0.1) is 5.56 Å². The molecule has 0 aliphatic carbocycles. The van der Waals surface area contributed by atoms with Gasteiger partial charge in [0.1, 0.15) is 12.0 Å². The molecule has 0 fully saturated rings. The summed E-state index contributed by atoms with van der Waals surface area (Å²) >= 11 is 13.1. The first-order valence-corrected chi connectivity index (χ1v) is 6.29. The third-order valence-corrected chi connectivity index (χ3v) is 3.53. The normalized spacial score (nSPS) is 10.3. The highest BCUT2D eigenvalue weighted by molar-refractivity contribution is 7.08. The standard InChI is InChI=1S/C10H7Cl2N3OS/c1-5-2-17-3-6(5)10(16)15-7-8(11)13-4-14-9(7)12/h2-4H,1H3,(H,15,16). The van der Waals surface area contributed by atoms with Gasteiger partial charge in [-0.3, -0.25) is 4.79 Å². The van der Waals surface area contributed by atoms with Gasteiger partial charge in [-0.05, 0) is 17.9 Å². The molecule has 0 aromatic carbocycles. The van der Waals surface area contributed by atoms with E-state index in [1.807, 2.05) is 12.3 Å². The summed E-state index contributed by atoms with van der Waals surface area (Å²) in [5.74, 6) is -0.276. The summed E-state index contributed by atoms with van der Waals surface area (Å²) in [5.41, 5.74) is 1.72. The minimum atomic E-state index is -0.276. The Balaban J connectivity index is 2.28. The van der Waals surface area contributed by atoms with E-state index < -0.39 is 0 Å². The maximum absolute atomic E-state index is 11.9. The molecule has 88 valence electrons. The zero-order chi connectivity index (χ0) is 12.4. The minimum absolute atomic E-state index is 0.117. The molecule has 0 saturated heterocycles. The Labute approximate surface area is 112 Å². The van der Waals surface area contributed by atoms with Gasteiger partial charge in [-0.2, -0.15) is 11.3 Å². The number of aryl methyl sites for hydroxylation is 1. The van der Waals surface area contributed by atoms with Crippen LogP contribution in [0, 0.1) is 6.92 Å². The van der Waals surface area contributed by atoms with E-state index in [0.29, 0.717) is 5.56 Å². The molecule has 0 unspecified atom stereocenters. The van der Waals surface area contributed by atoms with Crippen molar-refractivity contribution in [3.8, 4) is 0 Å². The van der Waals surface area contributed by atoms with E-state index in [-0.39, 0.29) is 21.9 Å². The number of carbonyl (C=O) groups excluding carboxylic acids is 1. The molecule has 1 N–H and O–H groups in total. The lowest BCUT2D eigenvalue weighted by Gasteiger charge is -2.07. The number of rotatable bonds is 2. The number of thiophene rings is 1. The van der Waals surface area contributed by atoms with Crippen LogP contribution in [0.1, 0.15) is 15.9 Å². The van der Waals surface area contributed by atoms with Crippen molar-refractivity contribution in [3.05, 3.63) is 38.5 Å². The van der Waals surface area contributed by atoms with Crippen molar-refractivity contribution in [1.82, 2.24) is 9.97 Å². The van der Waals surface area contributed by atoms with Gasteiger partial charge in [0.15, 0.2) is 10.3 Å². The summed E-state index contributed by atoms with van der Waals surface area (Å²) < 4.78 is 0. The van der Waals surface area contributed by atoms with Crippen LogP contribution in [0.15, 0.2) is 17.1 Å². The first-order chi connectivity index (χ1) is 8.09. The van der Waals surface area contributed by atoms with E-state index in [4.69, 9.17) is 23.2 Å². The Morgan fingerprint density at radius 1 is 1.29 bits per heavy atom. The van der Waals surface area contributed by atoms with Crippen molar-refractivity contribution < 1.29 is 4.79 Å². The zero-order valence-electron chi connectivity index (χ0n) is 8.70. The lowest BCUT2D eigenvalue weighted by molar-refractivity contribution is 0.102. The highest BCUT2D eigenvalue weighted by Gasteiger charge is 2.15. The van der Waals surface area contributed by atoms with E-state index in [9.17, 15) is 4.79 Å². The maximum Gasteiger partial charge on any atom is 0.256 e. The molecular weight excluding hydrogens is 281 g/mol. The first kappa shape index (κ1) is 12.3. The van der Waals surface area contributed by atoms with Crippen LogP contribution in [0.2, 0.25) is 10.3 Å². The molecule has 2 rings (SSSR count). The molecule has 0 bridgehead atoms. The van der Waals surface area contributed by atoms with Crippen LogP contribution >= 0.6 is 34.5 Å². The molecular formula is C10H7Cl2N3OS. The SMILES string of the molecule is Cc1cscc1C(=O)Nc1c(Cl)ncnc1Cl. The van der Waals surface area contributed by atoms with Crippen molar-refractivity contribution in [2.24, 2.45) is 0 Å². The molecule has 17 heavy (non-hydrogen) atoms. The van der Waals surface area contributed by atoms with Crippen LogP contribution in [0.3, 0.4) is 0 Å². The fourth-order valence-corrected chi connectivity index (χ4v) is 2.46. The van der Waals surface area contributed by atoms with Crippen LogP contribution in [-0.4, -0.2) is 15.9 Å².